The summed E-state index contributed by atoms with van der Waals surface area (Å²) in [5, 5.41) is 9.06. The molecule has 1 heterocycles. The number of benzene rings is 1. The predicted octanol–water partition coefficient (Wildman–Crippen LogP) is 2.93. The summed E-state index contributed by atoms with van der Waals surface area (Å²) in [7, 11) is 0. The summed E-state index contributed by atoms with van der Waals surface area (Å²) in [5.41, 5.74) is 1.33. The number of amides is 1. The molecule has 132 valence electrons. The molecule has 5 heteroatoms. The number of carbonyl (C=O) groups is 2. The third kappa shape index (κ3) is 4.81. The first-order valence-corrected chi connectivity index (χ1v) is 8.81. The van der Waals surface area contributed by atoms with Crippen molar-refractivity contribution < 1.29 is 14.7 Å². The van der Waals surface area contributed by atoms with Gasteiger partial charge in [-0.15, -0.1) is 0 Å². The van der Waals surface area contributed by atoms with Crippen LogP contribution in [0.5, 0.6) is 0 Å². The smallest absolute Gasteiger partial charge is 0.323 e. The molecule has 0 aliphatic carbocycles. The standard InChI is InChI=1S/C19H28N2O3/c1-3-18(16-8-5-4-6-9-16)20-12-7-10-17(11-13-20)21(15(2)22)14-19(23)24/h4-6,8-9,17-18H,3,7,10-14H2,1-2H3,(H,23,24). The maximum absolute atomic E-state index is 11.8. The van der Waals surface area contributed by atoms with Crippen LogP contribution < -0.4 is 0 Å². The zero-order valence-electron chi connectivity index (χ0n) is 14.6. The van der Waals surface area contributed by atoms with Gasteiger partial charge in [0.1, 0.15) is 6.54 Å². The van der Waals surface area contributed by atoms with Gasteiger partial charge in [0.25, 0.3) is 0 Å². The summed E-state index contributed by atoms with van der Waals surface area (Å²) in [5.74, 6) is -1.09. The highest BCUT2D eigenvalue weighted by atomic mass is 16.4. The Kier molecular flexibility index (Phi) is 6.79. The number of carboxylic acids is 1. The topological polar surface area (TPSA) is 60.9 Å². The average molecular weight is 332 g/mol. The second kappa shape index (κ2) is 8.83. The molecule has 0 spiro atoms. The quantitative estimate of drug-likeness (QED) is 0.870. The van der Waals surface area contributed by atoms with Crippen molar-refractivity contribution in [2.75, 3.05) is 19.6 Å². The third-order valence-corrected chi connectivity index (χ3v) is 4.89. The number of aliphatic carboxylic acids is 1. The molecule has 1 aromatic carbocycles. The van der Waals surface area contributed by atoms with Crippen molar-refractivity contribution in [3.8, 4) is 0 Å². The van der Waals surface area contributed by atoms with Crippen molar-refractivity contribution >= 4 is 11.9 Å². The summed E-state index contributed by atoms with van der Waals surface area (Å²) in [6.07, 6.45) is 3.72. The monoisotopic (exact) mass is 332 g/mol. The summed E-state index contributed by atoms with van der Waals surface area (Å²) in [6.45, 7) is 5.34. The number of carbonyl (C=O) groups excluding carboxylic acids is 1. The summed E-state index contributed by atoms with van der Waals surface area (Å²) >= 11 is 0. The minimum atomic E-state index is -0.943. The Bertz CT molecular complexity index is 547. The fraction of sp³-hybridized carbons (Fsp3) is 0.579. The van der Waals surface area contributed by atoms with Gasteiger partial charge in [-0.1, -0.05) is 37.3 Å². The molecule has 0 radical (unpaired) electrons. The van der Waals surface area contributed by atoms with E-state index in [0.29, 0.717) is 6.04 Å². The summed E-state index contributed by atoms with van der Waals surface area (Å²) in [6, 6.07) is 10.9. The van der Waals surface area contributed by atoms with E-state index in [1.807, 2.05) is 6.07 Å². The zero-order valence-corrected chi connectivity index (χ0v) is 14.6. The molecule has 0 aromatic heterocycles. The molecule has 0 bridgehead atoms. The van der Waals surface area contributed by atoms with Crippen LogP contribution in [0, 0.1) is 0 Å². The van der Waals surface area contributed by atoms with Crippen LogP contribution in [-0.4, -0.2) is 52.5 Å². The van der Waals surface area contributed by atoms with Crippen molar-refractivity contribution in [1.29, 1.82) is 0 Å². The highest BCUT2D eigenvalue weighted by molar-refractivity contribution is 5.79. The molecule has 2 atom stereocenters. The number of likely N-dealkylation sites (tertiary alicyclic amines) is 1. The lowest BCUT2D eigenvalue weighted by Crippen LogP contribution is -2.42. The van der Waals surface area contributed by atoms with Crippen molar-refractivity contribution in [3.63, 3.8) is 0 Å². The first-order chi connectivity index (χ1) is 11.5. The van der Waals surface area contributed by atoms with E-state index in [1.54, 1.807) is 0 Å². The first kappa shape index (κ1) is 18.5. The van der Waals surface area contributed by atoms with Crippen LogP contribution in [0.4, 0.5) is 0 Å². The number of nitrogens with zero attached hydrogens (tertiary/aromatic N) is 2. The zero-order chi connectivity index (χ0) is 17.5. The third-order valence-electron chi connectivity index (χ3n) is 4.89. The van der Waals surface area contributed by atoms with Crippen molar-refractivity contribution in [2.45, 2.75) is 51.6 Å². The minimum Gasteiger partial charge on any atom is -0.480 e. The van der Waals surface area contributed by atoms with Gasteiger partial charge >= 0.3 is 5.97 Å². The van der Waals surface area contributed by atoms with Gasteiger partial charge in [0.2, 0.25) is 5.91 Å². The molecule has 2 unspecified atom stereocenters. The molecule has 1 aromatic rings. The van der Waals surface area contributed by atoms with E-state index in [0.717, 1.165) is 38.8 Å². The van der Waals surface area contributed by atoms with Crippen LogP contribution in [0.1, 0.15) is 51.1 Å². The molecular weight excluding hydrogens is 304 g/mol. The molecule has 1 aliphatic heterocycles. The van der Waals surface area contributed by atoms with Gasteiger partial charge in [-0.25, -0.2) is 0 Å². The van der Waals surface area contributed by atoms with E-state index >= 15 is 0 Å². The van der Waals surface area contributed by atoms with Gasteiger partial charge < -0.3 is 10.0 Å². The van der Waals surface area contributed by atoms with E-state index in [-0.39, 0.29) is 18.5 Å². The van der Waals surface area contributed by atoms with Crippen LogP contribution >= 0.6 is 0 Å². The van der Waals surface area contributed by atoms with Gasteiger partial charge in [-0.3, -0.25) is 14.5 Å². The van der Waals surface area contributed by atoms with Gasteiger partial charge in [-0.05, 0) is 37.8 Å². The Morgan fingerprint density at radius 2 is 1.96 bits per heavy atom. The Morgan fingerprint density at radius 3 is 2.54 bits per heavy atom. The second-order valence-electron chi connectivity index (χ2n) is 6.50. The van der Waals surface area contributed by atoms with Crippen LogP contribution in [-0.2, 0) is 9.59 Å². The van der Waals surface area contributed by atoms with E-state index in [9.17, 15) is 9.59 Å². The van der Waals surface area contributed by atoms with E-state index in [4.69, 9.17) is 5.11 Å². The molecule has 24 heavy (non-hydrogen) atoms. The van der Waals surface area contributed by atoms with E-state index in [1.165, 1.54) is 17.4 Å². The van der Waals surface area contributed by atoms with Crippen LogP contribution in [0.2, 0.25) is 0 Å². The highest BCUT2D eigenvalue weighted by Crippen LogP contribution is 2.28. The van der Waals surface area contributed by atoms with Crippen LogP contribution in [0.3, 0.4) is 0 Å². The Morgan fingerprint density at radius 1 is 1.25 bits per heavy atom. The molecule has 1 N–H and O–H groups in total. The normalized spacial score (nSPS) is 20.2. The Hall–Kier alpha value is -1.88. The highest BCUT2D eigenvalue weighted by Gasteiger charge is 2.28. The maximum atomic E-state index is 11.8. The largest absolute Gasteiger partial charge is 0.480 e. The molecule has 1 aliphatic rings. The van der Waals surface area contributed by atoms with Crippen molar-refractivity contribution in [3.05, 3.63) is 35.9 Å². The molecule has 2 rings (SSSR count). The molecule has 1 saturated heterocycles. The van der Waals surface area contributed by atoms with Crippen molar-refractivity contribution in [1.82, 2.24) is 9.80 Å². The molecule has 0 saturated carbocycles. The lowest BCUT2D eigenvalue weighted by molar-refractivity contribution is -0.145. The minimum absolute atomic E-state index is 0.0249. The molecule has 5 nitrogen and oxygen atoms in total. The van der Waals surface area contributed by atoms with Crippen LogP contribution in [0.15, 0.2) is 30.3 Å². The molecule has 1 fully saturated rings. The Balaban J connectivity index is 2.05. The number of hydrogen-bond acceptors (Lipinski definition) is 3. The fourth-order valence-corrected chi connectivity index (χ4v) is 3.75. The maximum Gasteiger partial charge on any atom is 0.323 e. The average Bonchev–Trinajstić information content (AvgIpc) is 2.80. The first-order valence-electron chi connectivity index (χ1n) is 8.81. The fourth-order valence-electron chi connectivity index (χ4n) is 3.75. The Labute approximate surface area is 144 Å². The SMILES string of the molecule is CCC(c1ccccc1)N1CCCC(N(CC(=O)O)C(C)=O)CC1. The van der Waals surface area contributed by atoms with Gasteiger partial charge in [0, 0.05) is 25.6 Å². The summed E-state index contributed by atoms with van der Waals surface area (Å²) < 4.78 is 0. The predicted molar refractivity (Wildman–Crippen MR) is 93.7 cm³/mol. The lowest BCUT2D eigenvalue weighted by atomic mass is 10.0. The van der Waals surface area contributed by atoms with Gasteiger partial charge in [0.05, 0.1) is 0 Å². The van der Waals surface area contributed by atoms with E-state index in [2.05, 4.69) is 36.1 Å². The van der Waals surface area contributed by atoms with Crippen LogP contribution in [0.25, 0.3) is 0 Å². The second-order valence-corrected chi connectivity index (χ2v) is 6.50. The number of hydrogen-bond donors (Lipinski definition) is 1. The van der Waals surface area contributed by atoms with E-state index < -0.39 is 5.97 Å². The number of rotatable bonds is 6. The molecule has 1 amide bonds. The van der Waals surface area contributed by atoms with Gasteiger partial charge in [0.15, 0.2) is 0 Å². The van der Waals surface area contributed by atoms with Crippen molar-refractivity contribution in [2.24, 2.45) is 0 Å². The van der Waals surface area contributed by atoms with Gasteiger partial charge in [-0.2, -0.15) is 0 Å². The molecular formula is C19H28N2O3. The lowest BCUT2D eigenvalue weighted by Gasteiger charge is -2.31. The number of carboxylic acid groups (broad SMARTS) is 1. The summed E-state index contributed by atoms with van der Waals surface area (Å²) in [4.78, 5) is 26.9.